The maximum Gasteiger partial charge on any atom is 0.192 e. The van der Waals surface area contributed by atoms with Gasteiger partial charge in [0.15, 0.2) is 5.79 Å². The molecular weight excluding hydrogens is 921 g/mol. The largest absolute Gasteiger partial charge is 0.340 e. The van der Waals surface area contributed by atoms with E-state index in [2.05, 4.69) is 248 Å². The van der Waals surface area contributed by atoms with Gasteiger partial charge in [-0.3, -0.25) is 0 Å². The zero-order valence-corrected chi connectivity index (χ0v) is 52.2. The molecule has 3 rings (SSSR count). The molecule has 0 aromatic carbocycles. The molecule has 1 saturated heterocycles. The van der Waals surface area contributed by atoms with Crippen molar-refractivity contribution in [3.05, 3.63) is 190 Å². The first kappa shape index (κ1) is 66.0. The van der Waals surface area contributed by atoms with E-state index in [1.807, 2.05) is 0 Å². The fourth-order valence-corrected chi connectivity index (χ4v) is 11.0. The molecule has 8 atom stereocenters. The van der Waals surface area contributed by atoms with Crippen LogP contribution in [-0.4, -0.2) is 17.5 Å². The van der Waals surface area contributed by atoms with Gasteiger partial charge in [0.25, 0.3) is 0 Å². The van der Waals surface area contributed by atoms with Gasteiger partial charge in [-0.05, 0) is 198 Å². The number of ether oxygens (including phenoxy) is 2. The maximum absolute atomic E-state index is 7.47. The highest BCUT2D eigenvalue weighted by molar-refractivity contribution is 5.41. The second-order valence-corrected chi connectivity index (χ2v) is 26.0. The van der Waals surface area contributed by atoms with Crippen LogP contribution >= 0.6 is 0 Å². The van der Waals surface area contributed by atoms with Crippen LogP contribution < -0.4 is 0 Å². The highest BCUT2D eigenvalue weighted by Crippen LogP contribution is 2.55. The second-order valence-electron chi connectivity index (χ2n) is 26.0. The molecule has 2 aliphatic carbocycles. The topological polar surface area (TPSA) is 18.5 Å². The summed E-state index contributed by atoms with van der Waals surface area (Å²) in [5, 5.41) is 0. The Labute approximate surface area is 470 Å². The van der Waals surface area contributed by atoms with Crippen LogP contribution in [-0.2, 0) is 9.47 Å². The molecule has 0 aromatic heterocycles. The highest BCUT2D eigenvalue weighted by atomic mass is 16.8. The van der Waals surface area contributed by atoms with Crippen molar-refractivity contribution in [2.75, 3.05) is 0 Å². The fourth-order valence-electron chi connectivity index (χ4n) is 11.0. The van der Waals surface area contributed by atoms with E-state index < -0.39 is 11.4 Å². The van der Waals surface area contributed by atoms with Gasteiger partial charge in [0.05, 0.1) is 11.7 Å². The lowest BCUT2D eigenvalue weighted by Crippen LogP contribution is -2.42. The monoisotopic (exact) mass is 1030 g/mol. The number of allylic oxidation sites excluding steroid dienone is 27. The molecule has 2 heteroatoms. The van der Waals surface area contributed by atoms with E-state index in [0.29, 0.717) is 35.0 Å². The summed E-state index contributed by atoms with van der Waals surface area (Å²) in [6, 6.07) is 0. The minimum Gasteiger partial charge on any atom is -0.340 e. The summed E-state index contributed by atoms with van der Waals surface area (Å²) in [6.45, 7) is 58.4. The Morgan fingerprint density at radius 1 is 0.618 bits per heavy atom. The van der Waals surface area contributed by atoms with Gasteiger partial charge in [-0.15, -0.1) is 0 Å². The third kappa shape index (κ3) is 21.2. The summed E-state index contributed by atoms with van der Waals surface area (Å²) in [5.41, 5.74) is 15.5. The lowest BCUT2D eigenvalue weighted by Gasteiger charge is -2.43. The van der Waals surface area contributed by atoms with E-state index in [4.69, 9.17) is 9.47 Å². The van der Waals surface area contributed by atoms with Crippen molar-refractivity contribution in [3.8, 4) is 0 Å². The van der Waals surface area contributed by atoms with Crippen LogP contribution in [0.5, 0.6) is 0 Å². The van der Waals surface area contributed by atoms with Gasteiger partial charge in [0.2, 0.25) is 0 Å². The minimum atomic E-state index is -0.740. The maximum atomic E-state index is 7.47. The van der Waals surface area contributed by atoms with E-state index in [9.17, 15) is 0 Å². The van der Waals surface area contributed by atoms with Gasteiger partial charge in [0, 0.05) is 12.3 Å². The van der Waals surface area contributed by atoms with E-state index >= 15 is 0 Å². The predicted octanol–water partition coefficient (Wildman–Crippen LogP) is 22.6. The van der Waals surface area contributed by atoms with Crippen LogP contribution in [0.3, 0.4) is 0 Å². The zero-order chi connectivity index (χ0) is 57.0. The van der Waals surface area contributed by atoms with Crippen molar-refractivity contribution in [1.29, 1.82) is 0 Å². The predicted molar refractivity (Wildman–Crippen MR) is 338 cm³/mol. The van der Waals surface area contributed by atoms with Crippen molar-refractivity contribution >= 4 is 0 Å². The molecule has 0 aromatic rings. The van der Waals surface area contributed by atoms with Gasteiger partial charge in [-0.25, -0.2) is 0 Å². The van der Waals surface area contributed by atoms with Crippen molar-refractivity contribution in [2.45, 2.75) is 232 Å². The lowest BCUT2D eigenvalue weighted by atomic mass is 9.68. The van der Waals surface area contributed by atoms with Gasteiger partial charge < -0.3 is 9.47 Å². The highest BCUT2D eigenvalue weighted by Gasteiger charge is 2.57. The van der Waals surface area contributed by atoms with Gasteiger partial charge in [0.1, 0.15) is 0 Å². The Kier molecular flexibility index (Phi) is 26.8. The quantitative estimate of drug-likeness (QED) is 0.0549. The van der Waals surface area contributed by atoms with Crippen molar-refractivity contribution in [3.63, 3.8) is 0 Å². The van der Waals surface area contributed by atoms with Crippen molar-refractivity contribution in [1.82, 2.24) is 0 Å². The molecule has 0 radical (unpaired) electrons. The summed E-state index contributed by atoms with van der Waals surface area (Å²) in [7, 11) is 0. The van der Waals surface area contributed by atoms with Crippen LogP contribution in [0.4, 0.5) is 0 Å². The van der Waals surface area contributed by atoms with Gasteiger partial charge in [-0.1, -0.05) is 235 Å². The SMILES string of the molecule is C=C(C)[C@H](C)CCC(=C)[C@H](C)CC[C@]1(C)O[C@@]2(CCC(C)(C)C(/C=C/C(C)=C/C=C/C(C)=C/C=C/C=C(C)/C=C/C=C(C)/C=C/[C@H]3C(C)=CCCC3(C)C)=C2C)O[C@@H]1CC/C=C(\C)CC[C@@H](C)C(=C)CC[C@H](C)C(=C)C. The molecule has 1 aliphatic heterocycles. The Balaban J connectivity index is 1.74. The molecule has 0 saturated carbocycles. The van der Waals surface area contributed by atoms with E-state index in [1.165, 1.54) is 79.7 Å². The number of hydrogen-bond acceptors (Lipinski definition) is 2. The van der Waals surface area contributed by atoms with E-state index in [1.54, 1.807) is 0 Å². The Morgan fingerprint density at radius 2 is 1.12 bits per heavy atom. The van der Waals surface area contributed by atoms with E-state index in [-0.39, 0.29) is 11.5 Å². The molecule has 2 nitrogen and oxygen atoms in total. The standard InChI is InChI=1S/C74H112O2/c1-53(2)60(10)42-44-63(13)62(12)41-38-57(7)35-27-37-70-73(22,50-48-65(15)64(14)45-43-61(11)54(3)4)76-74(75-70)52-51-72(20,21)69(67(74)17)47-40-59(9)34-26-32-56(6)30-24-23-29-55(5)31-25-33-58(8)39-46-68-66(16)36-28-49-71(68,18)19/h23-26,29-36,39-40,46-47,60-62,65,68,70H,1,3,13-14,27-28,37-38,41-45,48-52H2,2,4-12,15-22H3/b24-23+,31-25+,32-26+,46-39+,47-40+,55-29+,56-30+,57-35+,58-33+,59-34+/t60-,61+,62+,65+,68-,70+,73-,74+/m0/s1. The molecule has 1 heterocycles. The molecule has 0 N–H and O–H groups in total. The molecule has 0 unspecified atom stereocenters. The Bertz CT molecular complexity index is 2370. The Hall–Kier alpha value is -4.24. The smallest absolute Gasteiger partial charge is 0.192 e. The second kappa shape index (κ2) is 30.8. The molecule has 0 bridgehead atoms. The van der Waals surface area contributed by atoms with Crippen LogP contribution in [0.15, 0.2) is 190 Å². The van der Waals surface area contributed by atoms with Crippen LogP contribution in [0.1, 0.15) is 215 Å². The summed E-state index contributed by atoms with van der Waals surface area (Å²) >= 11 is 0. The summed E-state index contributed by atoms with van der Waals surface area (Å²) in [5.74, 6) is 1.74. The first-order valence-corrected chi connectivity index (χ1v) is 29.7. The van der Waals surface area contributed by atoms with Crippen molar-refractivity contribution in [2.24, 2.45) is 40.4 Å². The van der Waals surface area contributed by atoms with Gasteiger partial charge in [-0.2, -0.15) is 0 Å². The molecule has 76 heavy (non-hydrogen) atoms. The lowest BCUT2D eigenvalue weighted by molar-refractivity contribution is -0.174. The Morgan fingerprint density at radius 3 is 1.66 bits per heavy atom. The average Bonchev–Trinajstić information content (AvgIpc) is 3.64. The van der Waals surface area contributed by atoms with Gasteiger partial charge >= 0.3 is 0 Å². The first-order valence-electron chi connectivity index (χ1n) is 29.7. The molecule has 1 spiro atoms. The summed E-state index contributed by atoms with van der Waals surface area (Å²) in [4.78, 5) is 0. The molecule has 3 aliphatic rings. The fraction of sp³-hybridized carbons (Fsp3) is 0.568. The third-order valence-electron chi connectivity index (χ3n) is 18.0. The summed E-state index contributed by atoms with van der Waals surface area (Å²) < 4.78 is 14.9. The molecule has 1 fully saturated rings. The minimum absolute atomic E-state index is 0.00814. The van der Waals surface area contributed by atoms with E-state index in [0.717, 1.165) is 77.0 Å². The first-order chi connectivity index (χ1) is 35.5. The van der Waals surface area contributed by atoms with Crippen LogP contribution in [0, 0.1) is 40.4 Å². The third-order valence-corrected chi connectivity index (χ3v) is 18.0. The number of hydrogen-bond donors (Lipinski definition) is 0. The van der Waals surface area contributed by atoms with Crippen LogP contribution in [0.2, 0.25) is 0 Å². The van der Waals surface area contributed by atoms with Crippen LogP contribution in [0.25, 0.3) is 0 Å². The summed E-state index contributed by atoms with van der Waals surface area (Å²) in [6.07, 6.45) is 50.5. The zero-order valence-electron chi connectivity index (χ0n) is 52.2. The molecule has 0 amide bonds. The number of rotatable bonds is 29. The average molecular weight is 1030 g/mol. The molecular formula is C74H112O2. The molecule has 420 valence electrons. The normalized spacial score (nSPS) is 25.7. The van der Waals surface area contributed by atoms with Crippen molar-refractivity contribution < 1.29 is 9.47 Å².